The predicted octanol–water partition coefficient (Wildman–Crippen LogP) is 4.32. The Hall–Kier alpha value is -4.03. The van der Waals surface area contributed by atoms with Crippen molar-refractivity contribution in [2.24, 2.45) is 0 Å². The fourth-order valence-electron chi connectivity index (χ4n) is 5.31. The highest BCUT2D eigenvalue weighted by molar-refractivity contribution is 5.89. The van der Waals surface area contributed by atoms with Crippen LogP contribution in [0.5, 0.6) is 5.75 Å². The molecule has 0 bridgehead atoms. The van der Waals surface area contributed by atoms with Crippen LogP contribution in [0.15, 0.2) is 102 Å². The van der Waals surface area contributed by atoms with Gasteiger partial charge in [-0.05, 0) is 80.4 Å². The van der Waals surface area contributed by atoms with Gasteiger partial charge in [0.2, 0.25) is 0 Å². The zero-order valence-corrected chi connectivity index (χ0v) is 22.4. The standard InChI is InChI=1S/C32H36N4O3/c1-39-30-21-25(23-35-19-15-27(16-20-35)33-17-14-24-7-3-2-4-8-24)10-11-26(30)22-34-29-13-12-28-9-5-6-18-36(28)31(29)32(37)38/h2-8,10-13,18,21,27,33-34H,14-17,19-20,22-23H2,1H3,(H,37,38). The van der Waals surface area contributed by atoms with Gasteiger partial charge in [-0.3, -0.25) is 4.90 Å². The van der Waals surface area contributed by atoms with E-state index in [1.807, 2.05) is 6.08 Å². The smallest absolute Gasteiger partial charge is 0.355 e. The van der Waals surface area contributed by atoms with Crippen molar-refractivity contribution in [3.8, 4) is 5.75 Å². The van der Waals surface area contributed by atoms with Gasteiger partial charge in [-0.25, -0.2) is 4.79 Å². The predicted molar refractivity (Wildman–Crippen MR) is 153 cm³/mol. The fraction of sp³-hybridized carbons (Fsp3) is 0.312. The third-order valence-electron chi connectivity index (χ3n) is 7.43. The number of likely N-dealkylation sites (tertiary alicyclic amines) is 1. The van der Waals surface area contributed by atoms with Gasteiger partial charge < -0.3 is 25.4 Å². The number of ether oxygens (including phenoxy) is 1. The van der Waals surface area contributed by atoms with Crippen molar-refractivity contribution < 1.29 is 14.6 Å². The minimum Gasteiger partial charge on any atom is -0.496 e. The van der Waals surface area contributed by atoms with E-state index in [-0.39, 0.29) is 5.70 Å². The first-order chi connectivity index (χ1) is 19.1. The molecule has 1 fully saturated rings. The van der Waals surface area contributed by atoms with E-state index in [0.717, 1.165) is 56.8 Å². The van der Waals surface area contributed by atoms with Gasteiger partial charge in [0.15, 0.2) is 5.70 Å². The lowest BCUT2D eigenvalue weighted by molar-refractivity contribution is -0.134. The molecule has 7 heteroatoms. The van der Waals surface area contributed by atoms with Crippen LogP contribution in [0.3, 0.4) is 0 Å². The minimum atomic E-state index is -0.995. The van der Waals surface area contributed by atoms with Gasteiger partial charge in [0.25, 0.3) is 0 Å². The molecule has 0 amide bonds. The first-order valence-electron chi connectivity index (χ1n) is 13.6. The zero-order chi connectivity index (χ0) is 27.0. The molecule has 2 aromatic carbocycles. The highest BCUT2D eigenvalue weighted by Gasteiger charge is 2.25. The van der Waals surface area contributed by atoms with E-state index in [0.29, 0.717) is 24.0 Å². The van der Waals surface area contributed by atoms with Crippen LogP contribution in [0.4, 0.5) is 0 Å². The van der Waals surface area contributed by atoms with Crippen molar-refractivity contribution in [2.45, 2.75) is 38.4 Å². The zero-order valence-electron chi connectivity index (χ0n) is 22.4. The summed E-state index contributed by atoms with van der Waals surface area (Å²) in [6.07, 6.45) is 12.3. The average molecular weight is 525 g/mol. The first kappa shape index (κ1) is 26.6. The molecule has 0 aliphatic carbocycles. The SMILES string of the molecule is COc1cc(CN2CCC(NCCc3ccccc3)CC2)ccc1CNC1=C(C(=O)O)N2C=CC=C=C2C=C1. The average Bonchev–Trinajstić information content (AvgIpc) is 2.97. The van der Waals surface area contributed by atoms with Crippen molar-refractivity contribution in [2.75, 3.05) is 26.7 Å². The summed E-state index contributed by atoms with van der Waals surface area (Å²) < 4.78 is 5.71. The number of fused-ring (bicyclic) bond motifs is 1. The second-order valence-electron chi connectivity index (χ2n) is 10.0. The molecule has 3 aliphatic rings. The van der Waals surface area contributed by atoms with Crippen molar-refractivity contribution in [3.05, 3.63) is 119 Å². The van der Waals surface area contributed by atoms with Gasteiger partial charge >= 0.3 is 5.97 Å². The molecule has 1 saturated heterocycles. The van der Waals surface area contributed by atoms with Crippen LogP contribution < -0.4 is 15.4 Å². The van der Waals surface area contributed by atoms with E-state index < -0.39 is 5.97 Å². The molecule has 39 heavy (non-hydrogen) atoms. The summed E-state index contributed by atoms with van der Waals surface area (Å²) >= 11 is 0. The Kier molecular flexibility index (Phi) is 8.64. The van der Waals surface area contributed by atoms with Crippen molar-refractivity contribution in [1.29, 1.82) is 0 Å². The van der Waals surface area contributed by atoms with E-state index in [1.54, 1.807) is 36.4 Å². The summed E-state index contributed by atoms with van der Waals surface area (Å²) in [7, 11) is 1.68. The maximum Gasteiger partial charge on any atom is 0.355 e. The Balaban J connectivity index is 1.14. The van der Waals surface area contributed by atoms with Crippen LogP contribution in [0.1, 0.15) is 29.5 Å². The maximum absolute atomic E-state index is 12.0. The molecule has 5 rings (SSSR count). The number of nitrogens with zero attached hydrogens (tertiary/aromatic N) is 2. The van der Waals surface area contributed by atoms with Crippen molar-refractivity contribution >= 4 is 5.97 Å². The number of aliphatic carboxylic acids is 1. The van der Waals surface area contributed by atoms with E-state index >= 15 is 0 Å². The first-order valence-corrected chi connectivity index (χ1v) is 13.6. The molecule has 0 spiro atoms. The van der Waals surface area contributed by atoms with Crippen LogP contribution in [0.25, 0.3) is 0 Å². The van der Waals surface area contributed by atoms with Crippen LogP contribution in [0.2, 0.25) is 0 Å². The molecule has 202 valence electrons. The summed E-state index contributed by atoms with van der Waals surface area (Å²) in [6, 6.07) is 17.5. The molecule has 3 heterocycles. The highest BCUT2D eigenvalue weighted by Crippen LogP contribution is 2.27. The lowest BCUT2D eigenvalue weighted by Gasteiger charge is -2.32. The molecule has 3 N–H and O–H groups in total. The largest absolute Gasteiger partial charge is 0.496 e. The monoisotopic (exact) mass is 524 g/mol. The van der Waals surface area contributed by atoms with Crippen LogP contribution >= 0.6 is 0 Å². The number of benzene rings is 2. The number of allylic oxidation sites excluding steroid dienone is 3. The van der Waals surface area contributed by atoms with Crippen LogP contribution in [-0.4, -0.2) is 53.7 Å². The molecule has 0 aromatic heterocycles. The Labute approximate surface area is 230 Å². The fourth-order valence-corrected chi connectivity index (χ4v) is 5.31. The second kappa shape index (κ2) is 12.7. The number of nitrogens with one attached hydrogen (secondary N) is 2. The Morgan fingerprint density at radius 1 is 1.10 bits per heavy atom. The highest BCUT2D eigenvalue weighted by atomic mass is 16.5. The second-order valence-corrected chi connectivity index (χ2v) is 10.0. The maximum atomic E-state index is 12.0. The van der Waals surface area contributed by atoms with Gasteiger partial charge in [0.1, 0.15) is 5.75 Å². The van der Waals surface area contributed by atoms with E-state index in [9.17, 15) is 9.90 Å². The third-order valence-corrected chi connectivity index (χ3v) is 7.43. The number of carbonyl (C=O) groups is 1. The van der Waals surface area contributed by atoms with Gasteiger partial charge in [-0.1, -0.05) is 48.2 Å². The molecule has 2 aromatic rings. The molecule has 3 aliphatic heterocycles. The summed E-state index contributed by atoms with van der Waals surface area (Å²) in [4.78, 5) is 16.2. The van der Waals surface area contributed by atoms with Crippen LogP contribution in [-0.2, 0) is 24.3 Å². The number of carboxylic acids is 1. The summed E-state index contributed by atoms with van der Waals surface area (Å²) in [5.41, 5.74) is 8.07. The molecular weight excluding hydrogens is 488 g/mol. The molecule has 0 atom stereocenters. The third kappa shape index (κ3) is 6.70. The van der Waals surface area contributed by atoms with Gasteiger partial charge in [0.05, 0.1) is 18.5 Å². The van der Waals surface area contributed by atoms with E-state index in [1.165, 1.54) is 11.1 Å². The number of piperidine rings is 1. The lowest BCUT2D eigenvalue weighted by atomic mass is 10.0. The van der Waals surface area contributed by atoms with E-state index in [4.69, 9.17) is 4.74 Å². The summed E-state index contributed by atoms with van der Waals surface area (Å²) in [6.45, 7) is 4.51. The number of carboxylic acid groups (broad SMARTS) is 1. The number of methoxy groups -OCH3 is 1. The van der Waals surface area contributed by atoms with Crippen molar-refractivity contribution in [3.63, 3.8) is 0 Å². The molecule has 0 radical (unpaired) electrons. The Morgan fingerprint density at radius 2 is 1.92 bits per heavy atom. The van der Waals surface area contributed by atoms with Crippen molar-refractivity contribution in [1.82, 2.24) is 20.4 Å². The number of rotatable bonds is 11. The molecule has 0 saturated carbocycles. The summed E-state index contributed by atoms with van der Waals surface area (Å²) in [5.74, 6) is -0.193. The summed E-state index contributed by atoms with van der Waals surface area (Å²) in [5, 5.41) is 16.9. The Morgan fingerprint density at radius 3 is 2.69 bits per heavy atom. The number of hydrogen-bond acceptors (Lipinski definition) is 6. The lowest BCUT2D eigenvalue weighted by Crippen LogP contribution is -2.42. The van der Waals surface area contributed by atoms with E-state index in [2.05, 4.69) is 69.8 Å². The molecule has 7 nitrogen and oxygen atoms in total. The van der Waals surface area contributed by atoms with Gasteiger partial charge in [-0.2, -0.15) is 0 Å². The normalized spacial score (nSPS) is 17.3. The van der Waals surface area contributed by atoms with Gasteiger partial charge in [-0.15, -0.1) is 0 Å². The van der Waals surface area contributed by atoms with Crippen LogP contribution in [0, 0.1) is 0 Å². The molecular formula is C32H36N4O3. The molecule has 0 unspecified atom stereocenters. The quantitative estimate of drug-likeness (QED) is 0.378. The Bertz CT molecular complexity index is 1330. The van der Waals surface area contributed by atoms with Gasteiger partial charge in [0, 0.05) is 30.9 Å². The number of hydrogen-bond donors (Lipinski definition) is 3. The minimum absolute atomic E-state index is 0.179. The topological polar surface area (TPSA) is 77.1 Å².